The van der Waals surface area contributed by atoms with E-state index in [2.05, 4.69) is 15.0 Å². The van der Waals surface area contributed by atoms with Gasteiger partial charge < -0.3 is 13.3 Å². The van der Waals surface area contributed by atoms with Crippen molar-refractivity contribution in [3.05, 3.63) is 213 Å². The topological polar surface area (TPSA) is 125 Å². The van der Waals surface area contributed by atoms with Crippen molar-refractivity contribution in [1.29, 1.82) is 0 Å². The van der Waals surface area contributed by atoms with E-state index in [-0.39, 0.29) is 60.8 Å². The fraction of sp³-hybridized carbons (Fsp3) is 0.0877. The molecule has 12 rings (SSSR count). The summed E-state index contributed by atoms with van der Waals surface area (Å²) in [7, 11) is 0. The molecule has 0 amide bonds. The summed E-state index contributed by atoms with van der Waals surface area (Å²) >= 11 is 0. The van der Waals surface area contributed by atoms with Crippen molar-refractivity contribution in [2.45, 2.75) is 32.4 Å². The minimum Gasteiger partial charge on any atom is -0.437 e. The molecule has 0 saturated carbocycles. The summed E-state index contributed by atoms with van der Waals surface area (Å²) in [5, 5.41) is 2.63. The van der Waals surface area contributed by atoms with Crippen molar-refractivity contribution in [1.82, 2.24) is 19.9 Å². The van der Waals surface area contributed by atoms with E-state index in [9.17, 15) is 20.6 Å². The van der Waals surface area contributed by atoms with Crippen LogP contribution in [-0.4, -0.2) is 19.9 Å². The van der Waals surface area contributed by atoms with Crippen LogP contribution < -0.4 is 11.3 Å². The Labute approximate surface area is 387 Å². The van der Waals surface area contributed by atoms with Gasteiger partial charge in [-0.2, -0.15) is 0 Å². The minimum absolute atomic E-state index is 0.0687. The number of hydrogen-bond donors (Lipinski definition) is 0. The smallest absolute Gasteiger partial charge is 0.345 e. The van der Waals surface area contributed by atoms with Gasteiger partial charge in [0.15, 0.2) is 0 Å². The number of benzene rings is 5. The van der Waals surface area contributed by atoms with Crippen LogP contribution in [0.2, 0.25) is 0 Å². The highest BCUT2D eigenvalue weighted by Crippen LogP contribution is 2.37. The molecule has 0 atom stereocenters. The molecule has 0 N–H and O–H groups in total. The van der Waals surface area contributed by atoms with Gasteiger partial charge >= 0.3 is 11.3 Å². The second kappa shape index (κ2) is 15.9. The molecule has 9 heteroatoms. The van der Waals surface area contributed by atoms with E-state index in [1.54, 1.807) is 72.9 Å². The molecule has 0 fully saturated rings. The molecule has 0 spiro atoms. The fourth-order valence-electron chi connectivity index (χ4n) is 8.51. The second-order valence-corrected chi connectivity index (χ2v) is 15.9. The summed E-state index contributed by atoms with van der Waals surface area (Å²) in [6.07, 6.45) is -7.92. The predicted molar refractivity (Wildman–Crippen MR) is 261 cm³/mol. The molecular formula is C57H38N4O5. The zero-order chi connectivity index (χ0) is 51.5. The molecule has 12 aromatic rings. The molecule has 0 saturated heterocycles. The number of para-hydroxylation sites is 3. The number of hydrogen-bond acceptors (Lipinski definition) is 9. The molecule has 0 bridgehead atoms. The lowest BCUT2D eigenvalue weighted by Crippen LogP contribution is -2.04. The van der Waals surface area contributed by atoms with Gasteiger partial charge in [0.05, 0.1) is 27.5 Å². The Balaban J connectivity index is 1.00. The summed E-state index contributed by atoms with van der Waals surface area (Å²) in [5.74, 6) is 0. The Morgan fingerprint density at radius 1 is 0.455 bits per heavy atom. The van der Waals surface area contributed by atoms with Crippen LogP contribution in [-0.2, 0) is 25.5 Å². The highest BCUT2D eigenvalue weighted by Gasteiger charge is 2.17. The van der Waals surface area contributed by atoms with Crippen LogP contribution in [0.4, 0.5) is 0 Å². The molecule has 0 aliphatic rings. The number of fused-ring (bicyclic) bond motifs is 9. The van der Waals surface area contributed by atoms with E-state index in [1.807, 2.05) is 55.5 Å². The summed E-state index contributed by atoms with van der Waals surface area (Å²) in [6.45, 7) is 1.89. The highest BCUT2D eigenvalue weighted by molar-refractivity contribution is 6.08. The number of aryl methyl sites for hydroxylation is 5. The summed E-state index contributed by atoms with van der Waals surface area (Å²) < 4.78 is 93.8. The van der Waals surface area contributed by atoms with Crippen molar-refractivity contribution in [3.63, 3.8) is 0 Å². The molecule has 7 aromatic heterocycles. The van der Waals surface area contributed by atoms with Gasteiger partial charge in [-0.15, -0.1) is 0 Å². The summed E-state index contributed by atoms with van der Waals surface area (Å²) in [5.41, 5.74) is 3.38. The summed E-state index contributed by atoms with van der Waals surface area (Å²) in [6, 6.07) is 40.4. The predicted octanol–water partition coefficient (Wildman–Crippen LogP) is 12.6. The van der Waals surface area contributed by atoms with Crippen LogP contribution in [0.15, 0.2) is 187 Å². The lowest BCUT2D eigenvalue weighted by Gasteiger charge is -2.15. The third-order valence-electron chi connectivity index (χ3n) is 11.6. The lowest BCUT2D eigenvalue weighted by molar-refractivity contribution is 0.569. The molecule has 0 unspecified atom stereocenters. The normalized spacial score (nSPS) is 14.4. The molecule has 7 heterocycles. The maximum absolute atomic E-state index is 13.3. The molecule has 0 radical (unpaired) electrons. The van der Waals surface area contributed by atoms with Gasteiger partial charge in [0.1, 0.15) is 16.7 Å². The number of rotatable bonds is 9. The quantitative estimate of drug-likeness (QED) is 0.103. The maximum Gasteiger partial charge on any atom is 0.345 e. The lowest BCUT2D eigenvalue weighted by atomic mass is 9.90. The van der Waals surface area contributed by atoms with Gasteiger partial charge in [-0.1, -0.05) is 84.9 Å². The molecule has 316 valence electrons. The minimum atomic E-state index is -3.01. The number of furan rings is 1. The zero-order valence-corrected chi connectivity index (χ0v) is 34.9. The first-order valence-electron chi connectivity index (χ1n) is 25.1. The van der Waals surface area contributed by atoms with Gasteiger partial charge in [-0.3, -0.25) is 15.0 Å². The average molecular weight is 867 g/mol. The van der Waals surface area contributed by atoms with Gasteiger partial charge in [-0.25, -0.2) is 14.6 Å². The van der Waals surface area contributed by atoms with Crippen LogP contribution in [0.3, 0.4) is 0 Å². The van der Waals surface area contributed by atoms with Gasteiger partial charge in [0.25, 0.3) is 0 Å². The van der Waals surface area contributed by atoms with Crippen molar-refractivity contribution in [2.75, 3.05) is 0 Å². The van der Waals surface area contributed by atoms with E-state index in [0.29, 0.717) is 44.5 Å². The largest absolute Gasteiger partial charge is 0.437 e. The average Bonchev–Trinajstić information content (AvgIpc) is 3.78. The van der Waals surface area contributed by atoms with Crippen LogP contribution in [0.25, 0.3) is 99.3 Å². The van der Waals surface area contributed by atoms with Crippen molar-refractivity contribution in [3.8, 4) is 33.5 Å². The summed E-state index contributed by atoms with van der Waals surface area (Å²) in [4.78, 5) is 44.9. The van der Waals surface area contributed by atoms with Crippen LogP contribution in [0.5, 0.6) is 0 Å². The van der Waals surface area contributed by atoms with Gasteiger partial charge in [0.2, 0.25) is 5.71 Å². The second-order valence-electron chi connectivity index (χ2n) is 15.9. The molecular weight excluding hydrogens is 821 g/mol. The van der Waals surface area contributed by atoms with Gasteiger partial charge in [0, 0.05) is 67.9 Å². The van der Waals surface area contributed by atoms with Crippen LogP contribution in [0, 0.1) is 6.92 Å². The molecule has 5 aromatic carbocycles. The van der Waals surface area contributed by atoms with E-state index in [0.717, 1.165) is 28.1 Å². The Kier molecular flexibility index (Phi) is 7.55. The standard InChI is InChI=1S/C57H38N4O5/c1-33-17-23-43-42-13-8-14-44(54(42)66-55(43)61-33)49-24-22-38(32-58-49)40-9-2-3-10-41(40)39-26-34(18-20-36-28-47-52(59-30-36)45-11-4-6-15-50(45)64-56(47)62)25-35(27-39)19-21-37-29-48-53(60-31-37)46-12-5-7-16-51(46)65-57(48)63/h2-17,22-32H,18-21H2,1H3/i18D2,19D2,20D2,21D2. The Morgan fingerprint density at radius 2 is 1.02 bits per heavy atom. The molecule has 0 aliphatic carbocycles. The van der Waals surface area contributed by atoms with E-state index < -0.39 is 36.7 Å². The van der Waals surface area contributed by atoms with Crippen molar-refractivity contribution >= 4 is 65.8 Å². The first-order chi connectivity index (χ1) is 35.4. The van der Waals surface area contributed by atoms with E-state index >= 15 is 0 Å². The number of pyridine rings is 4. The molecule has 0 aliphatic heterocycles. The molecule has 9 nitrogen and oxygen atoms in total. The Hall–Kier alpha value is -8.56. The third-order valence-corrected chi connectivity index (χ3v) is 11.6. The third kappa shape index (κ3) is 6.98. The Morgan fingerprint density at radius 3 is 1.64 bits per heavy atom. The van der Waals surface area contributed by atoms with Crippen molar-refractivity contribution < 1.29 is 24.2 Å². The van der Waals surface area contributed by atoms with Crippen molar-refractivity contribution in [2.24, 2.45) is 0 Å². The van der Waals surface area contributed by atoms with Crippen LogP contribution in [0.1, 0.15) is 38.9 Å². The number of aromatic nitrogens is 4. The van der Waals surface area contributed by atoms with E-state index in [1.165, 1.54) is 36.7 Å². The SMILES string of the molecule is [2H]C([2H])(c1cc(-c2ccccc2-c2ccc(-c3cccc4c3oc3nc(C)ccc34)nc2)cc(C([2H])([2H])C([2H])([2H])c2cnc3c(c2)c(=O)oc2ccccc23)c1)C([2H])([2H])c1cnc2c(c1)c(=O)oc1ccccc12. The van der Waals surface area contributed by atoms with Gasteiger partial charge in [-0.05, 0) is 132 Å². The first-order valence-corrected chi connectivity index (χ1v) is 21.1. The maximum atomic E-state index is 13.3. The van der Waals surface area contributed by atoms with E-state index in [4.69, 9.17) is 18.2 Å². The van der Waals surface area contributed by atoms with Crippen LogP contribution >= 0.6 is 0 Å². The Bertz CT molecular complexity index is 4250. The number of nitrogens with zero attached hydrogens (tertiary/aromatic N) is 4. The molecule has 66 heavy (non-hydrogen) atoms. The monoisotopic (exact) mass is 866 g/mol. The zero-order valence-electron chi connectivity index (χ0n) is 42.9. The highest BCUT2D eigenvalue weighted by atomic mass is 16.4. The fourth-order valence-corrected chi connectivity index (χ4v) is 8.51. The first kappa shape index (κ1) is 31.3.